The van der Waals surface area contributed by atoms with Crippen molar-refractivity contribution >= 4 is 11.8 Å². The highest BCUT2D eigenvalue weighted by atomic mass is 16.4. The molecule has 0 aliphatic heterocycles. The highest BCUT2D eigenvalue weighted by Gasteiger charge is 2.32. The van der Waals surface area contributed by atoms with Gasteiger partial charge in [0, 0.05) is 5.92 Å². The Hall–Kier alpha value is -0.940. The van der Waals surface area contributed by atoms with Crippen molar-refractivity contribution in [1.82, 2.24) is 0 Å². The van der Waals surface area contributed by atoms with Crippen LogP contribution in [0.4, 0.5) is 0 Å². The molecule has 94 valence electrons. The molecule has 16 heavy (non-hydrogen) atoms. The lowest BCUT2D eigenvalue weighted by molar-refractivity contribution is -0.149. The van der Waals surface area contributed by atoms with Gasteiger partial charge in [-0.15, -0.1) is 0 Å². The van der Waals surface area contributed by atoms with Crippen LogP contribution in [0.3, 0.4) is 0 Å². The molecule has 0 aliphatic carbocycles. The number of carbonyl (C=O) groups is 2. The number of aliphatic hydroxyl groups excluding tert-OH is 2. The van der Waals surface area contributed by atoms with E-state index in [1.54, 1.807) is 0 Å². The van der Waals surface area contributed by atoms with Gasteiger partial charge in [0.25, 0.3) is 0 Å². The van der Waals surface area contributed by atoms with Crippen LogP contribution in [-0.4, -0.2) is 39.8 Å². The molecule has 3 unspecified atom stereocenters. The fraction of sp³-hybridized carbons (Fsp3) is 0.818. The third kappa shape index (κ3) is 4.28. The van der Waals surface area contributed by atoms with Crippen molar-refractivity contribution in [2.24, 2.45) is 11.8 Å². The highest BCUT2D eigenvalue weighted by molar-refractivity contribution is 5.89. The van der Waals surface area contributed by atoms with E-state index in [0.717, 1.165) is 12.8 Å². The Balaban J connectivity index is 4.54. The van der Waals surface area contributed by atoms with E-state index in [4.69, 9.17) is 15.3 Å². The Kier molecular flexibility index (Phi) is 6.92. The largest absolute Gasteiger partial charge is 0.481 e. The maximum absolute atomic E-state index is 11.5. The second-order valence-corrected chi connectivity index (χ2v) is 3.98. The fourth-order valence-electron chi connectivity index (χ4n) is 1.60. The second kappa shape index (κ2) is 7.35. The number of ketones is 1. The predicted molar refractivity (Wildman–Crippen MR) is 57.9 cm³/mol. The van der Waals surface area contributed by atoms with Crippen molar-refractivity contribution in [3.8, 4) is 0 Å². The van der Waals surface area contributed by atoms with E-state index >= 15 is 0 Å². The number of hydrogen-bond donors (Lipinski definition) is 3. The number of carboxylic acids is 1. The van der Waals surface area contributed by atoms with Crippen LogP contribution in [0.25, 0.3) is 0 Å². The maximum atomic E-state index is 11.5. The first kappa shape index (κ1) is 15.1. The maximum Gasteiger partial charge on any atom is 0.307 e. The van der Waals surface area contributed by atoms with Crippen molar-refractivity contribution in [3.05, 3.63) is 0 Å². The quantitative estimate of drug-likeness (QED) is 0.564. The molecule has 0 rings (SSSR count). The lowest BCUT2D eigenvalue weighted by Crippen LogP contribution is -2.36. The average molecular weight is 232 g/mol. The van der Waals surface area contributed by atoms with Gasteiger partial charge in [-0.1, -0.05) is 26.7 Å². The minimum Gasteiger partial charge on any atom is -0.481 e. The number of unbranched alkanes of at least 4 members (excludes halogenated alkanes) is 1. The summed E-state index contributed by atoms with van der Waals surface area (Å²) in [5.41, 5.74) is 0. The van der Waals surface area contributed by atoms with E-state index in [0.29, 0.717) is 6.42 Å². The summed E-state index contributed by atoms with van der Waals surface area (Å²) in [5, 5.41) is 26.8. The van der Waals surface area contributed by atoms with Gasteiger partial charge in [-0.05, 0) is 6.42 Å². The van der Waals surface area contributed by atoms with E-state index in [-0.39, 0.29) is 0 Å². The monoisotopic (exact) mass is 232 g/mol. The van der Waals surface area contributed by atoms with Gasteiger partial charge in [-0.3, -0.25) is 9.59 Å². The van der Waals surface area contributed by atoms with Crippen LogP contribution < -0.4 is 0 Å². The first-order valence-corrected chi connectivity index (χ1v) is 5.51. The molecule has 5 heteroatoms. The Labute approximate surface area is 95.1 Å². The summed E-state index contributed by atoms with van der Waals surface area (Å²) in [6.07, 6.45) is 0.520. The summed E-state index contributed by atoms with van der Waals surface area (Å²) in [7, 11) is 0. The van der Waals surface area contributed by atoms with Gasteiger partial charge >= 0.3 is 5.97 Å². The number of aliphatic hydroxyl groups is 2. The zero-order chi connectivity index (χ0) is 12.7. The minimum absolute atomic E-state index is 0.414. The molecule has 0 heterocycles. The smallest absolute Gasteiger partial charge is 0.307 e. The van der Waals surface area contributed by atoms with Gasteiger partial charge in [0.15, 0.2) is 5.78 Å². The molecule has 0 fully saturated rings. The molecule has 0 bridgehead atoms. The van der Waals surface area contributed by atoms with Gasteiger partial charge in [0.1, 0.15) is 6.10 Å². The molecule has 0 saturated heterocycles. The summed E-state index contributed by atoms with van der Waals surface area (Å²) in [5.74, 6) is -3.19. The summed E-state index contributed by atoms with van der Waals surface area (Å²) in [6, 6.07) is 0. The van der Waals surface area contributed by atoms with Gasteiger partial charge < -0.3 is 15.3 Å². The van der Waals surface area contributed by atoms with Crippen molar-refractivity contribution in [1.29, 1.82) is 0 Å². The lowest BCUT2D eigenvalue weighted by Gasteiger charge is -2.20. The molecule has 0 saturated carbocycles. The van der Waals surface area contributed by atoms with E-state index in [1.807, 2.05) is 6.92 Å². The minimum atomic E-state index is -1.47. The topological polar surface area (TPSA) is 94.8 Å². The van der Waals surface area contributed by atoms with Crippen molar-refractivity contribution in [2.45, 2.75) is 39.2 Å². The molecule has 0 aromatic rings. The molecule has 3 N–H and O–H groups in total. The molecule has 5 nitrogen and oxygen atoms in total. The van der Waals surface area contributed by atoms with Gasteiger partial charge in [0.2, 0.25) is 0 Å². The number of rotatable bonds is 8. The second-order valence-electron chi connectivity index (χ2n) is 3.98. The molecule has 0 spiro atoms. The lowest BCUT2D eigenvalue weighted by atomic mass is 9.84. The third-order valence-electron chi connectivity index (χ3n) is 2.74. The number of hydrogen-bond acceptors (Lipinski definition) is 4. The molecule has 0 aromatic heterocycles. The zero-order valence-electron chi connectivity index (χ0n) is 9.72. The summed E-state index contributed by atoms with van der Waals surface area (Å²) in [4.78, 5) is 22.5. The van der Waals surface area contributed by atoms with Crippen molar-refractivity contribution in [2.75, 3.05) is 6.61 Å². The normalized spacial score (nSPS) is 16.5. The molecular formula is C11H20O5. The third-order valence-corrected chi connectivity index (χ3v) is 2.74. The molecule has 0 aliphatic rings. The Morgan fingerprint density at radius 1 is 1.31 bits per heavy atom. The average Bonchev–Trinajstić information content (AvgIpc) is 2.26. The summed E-state index contributed by atoms with van der Waals surface area (Å²) < 4.78 is 0. The van der Waals surface area contributed by atoms with E-state index < -0.39 is 36.3 Å². The number of carbonyl (C=O) groups excluding carboxylic acids is 1. The number of aliphatic carboxylic acids is 1. The van der Waals surface area contributed by atoms with Crippen LogP contribution in [0.1, 0.15) is 33.1 Å². The SMILES string of the molecule is CCCCC(C(=O)O)C(C)C(=O)C(O)CO. The standard InChI is InChI=1S/C11H20O5/c1-3-4-5-8(11(15)16)7(2)10(14)9(13)6-12/h7-9,12-13H,3-6H2,1-2H3,(H,15,16). The Bertz CT molecular complexity index is 239. The van der Waals surface area contributed by atoms with Gasteiger partial charge in [-0.2, -0.15) is 0 Å². The van der Waals surface area contributed by atoms with Crippen LogP contribution in [0, 0.1) is 11.8 Å². The van der Waals surface area contributed by atoms with Crippen LogP contribution in [-0.2, 0) is 9.59 Å². The first-order valence-electron chi connectivity index (χ1n) is 5.51. The Morgan fingerprint density at radius 2 is 1.88 bits per heavy atom. The molecule has 0 amide bonds. The van der Waals surface area contributed by atoms with E-state index in [1.165, 1.54) is 6.92 Å². The number of carboxylic acid groups (broad SMARTS) is 1. The predicted octanol–water partition coefficient (Wildman–Crippen LogP) is 0.436. The highest BCUT2D eigenvalue weighted by Crippen LogP contribution is 2.21. The molecule has 0 radical (unpaired) electrons. The van der Waals surface area contributed by atoms with Crippen molar-refractivity contribution < 1.29 is 24.9 Å². The van der Waals surface area contributed by atoms with Crippen LogP contribution in [0.15, 0.2) is 0 Å². The molecular weight excluding hydrogens is 212 g/mol. The summed E-state index contributed by atoms with van der Waals surface area (Å²) in [6.45, 7) is 2.76. The molecule has 3 atom stereocenters. The van der Waals surface area contributed by atoms with Crippen molar-refractivity contribution in [3.63, 3.8) is 0 Å². The van der Waals surface area contributed by atoms with Crippen LogP contribution in [0.2, 0.25) is 0 Å². The van der Waals surface area contributed by atoms with E-state index in [9.17, 15) is 9.59 Å². The first-order chi connectivity index (χ1) is 7.45. The van der Waals surface area contributed by atoms with E-state index in [2.05, 4.69) is 0 Å². The van der Waals surface area contributed by atoms with Gasteiger partial charge in [0.05, 0.1) is 12.5 Å². The number of Topliss-reactive ketones (excluding diaryl/α,β-unsaturated/α-hetero) is 1. The van der Waals surface area contributed by atoms with Crippen LogP contribution >= 0.6 is 0 Å². The fourth-order valence-corrected chi connectivity index (χ4v) is 1.60. The van der Waals surface area contributed by atoms with Gasteiger partial charge in [-0.25, -0.2) is 0 Å². The summed E-state index contributed by atoms with van der Waals surface area (Å²) >= 11 is 0. The van der Waals surface area contributed by atoms with Crippen LogP contribution in [0.5, 0.6) is 0 Å². The zero-order valence-corrected chi connectivity index (χ0v) is 9.72. The Morgan fingerprint density at radius 3 is 2.25 bits per heavy atom. The molecule has 0 aromatic carbocycles.